The first-order valence-corrected chi connectivity index (χ1v) is 4.33. The van der Waals surface area contributed by atoms with Crippen molar-refractivity contribution in [1.82, 2.24) is 25.7 Å². The highest BCUT2D eigenvalue weighted by Gasteiger charge is 2.07. The second-order valence-corrected chi connectivity index (χ2v) is 2.97. The van der Waals surface area contributed by atoms with Crippen LogP contribution in [0.15, 0.2) is 18.3 Å². The number of nitrogens with two attached hydrogens (primary N) is 1. The van der Waals surface area contributed by atoms with E-state index in [-0.39, 0.29) is 5.91 Å². The van der Waals surface area contributed by atoms with E-state index in [4.69, 9.17) is 5.73 Å². The number of hydrogen-bond donors (Lipinski definition) is 4. The molecule has 2 heterocycles. The highest BCUT2D eigenvalue weighted by molar-refractivity contribution is 5.92. The van der Waals surface area contributed by atoms with E-state index in [1.54, 1.807) is 12.3 Å². The van der Waals surface area contributed by atoms with Gasteiger partial charge < -0.3 is 11.1 Å². The maximum atomic E-state index is 11.5. The smallest absolute Gasteiger partial charge is 0.269 e. The molecule has 0 unspecified atom stereocenters. The van der Waals surface area contributed by atoms with E-state index in [1.165, 1.54) is 6.07 Å². The van der Waals surface area contributed by atoms with Crippen molar-refractivity contribution in [1.29, 1.82) is 0 Å². The van der Waals surface area contributed by atoms with E-state index in [0.717, 1.165) is 5.69 Å². The molecule has 5 N–H and O–H groups in total. The monoisotopic (exact) mass is 206 g/mol. The molecule has 78 valence electrons. The minimum absolute atomic E-state index is 0.256. The van der Waals surface area contributed by atoms with Crippen molar-refractivity contribution in [2.24, 2.45) is 0 Å². The van der Waals surface area contributed by atoms with Crippen LogP contribution in [-0.4, -0.2) is 26.3 Å². The van der Waals surface area contributed by atoms with Crippen LogP contribution in [0.1, 0.15) is 16.2 Å². The van der Waals surface area contributed by atoms with Crippen LogP contribution in [0, 0.1) is 0 Å². The molecule has 2 aromatic rings. The number of nitrogen functional groups attached to an aromatic ring is 1. The minimum atomic E-state index is -0.256. The molecule has 0 saturated heterocycles. The van der Waals surface area contributed by atoms with Crippen molar-refractivity contribution in [3.63, 3.8) is 0 Å². The lowest BCUT2D eigenvalue weighted by molar-refractivity contribution is 0.0945. The number of nitrogens with one attached hydrogen (secondary N) is 3. The van der Waals surface area contributed by atoms with Crippen molar-refractivity contribution >= 4 is 11.7 Å². The molecule has 0 spiro atoms. The lowest BCUT2D eigenvalue weighted by Gasteiger charge is -1.99. The van der Waals surface area contributed by atoms with Gasteiger partial charge in [0.25, 0.3) is 5.91 Å². The first kappa shape index (κ1) is 9.25. The number of amides is 1. The van der Waals surface area contributed by atoms with Crippen molar-refractivity contribution < 1.29 is 4.79 Å². The lowest BCUT2D eigenvalue weighted by Crippen LogP contribution is -2.23. The minimum Gasteiger partial charge on any atom is -0.382 e. The van der Waals surface area contributed by atoms with Gasteiger partial charge in [0, 0.05) is 12.3 Å². The Hall–Kier alpha value is -2.31. The number of nitrogens with zero attached hydrogens (tertiary/aromatic N) is 2. The molecular weight excluding hydrogens is 196 g/mol. The lowest BCUT2D eigenvalue weighted by atomic mass is 10.3. The zero-order valence-electron chi connectivity index (χ0n) is 7.82. The van der Waals surface area contributed by atoms with Gasteiger partial charge >= 0.3 is 0 Å². The number of carbonyl (C=O) groups is 1. The Kier molecular flexibility index (Phi) is 2.36. The van der Waals surface area contributed by atoms with Crippen molar-refractivity contribution in [2.45, 2.75) is 6.54 Å². The van der Waals surface area contributed by atoms with E-state index in [1.807, 2.05) is 0 Å². The van der Waals surface area contributed by atoms with Crippen LogP contribution in [0.25, 0.3) is 0 Å². The van der Waals surface area contributed by atoms with Gasteiger partial charge in [-0.15, -0.1) is 0 Å². The normalized spacial score (nSPS) is 10.1. The fraction of sp³-hybridized carbons (Fsp3) is 0.125. The summed E-state index contributed by atoms with van der Waals surface area (Å²) in [7, 11) is 0. The SMILES string of the molecule is Nc1cc(C(=O)NCc2ccn[nH]2)[nH]n1. The van der Waals surface area contributed by atoms with Gasteiger partial charge in [0.2, 0.25) is 0 Å². The molecule has 0 aliphatic carbocycles. The second-order valence-electron chi connectivity index (χ2n) is 2.97. The van der Waals surface area contributed by atoms with Crippen molar-refractivity contribution in [3.8, 4) is 0 Å². The van der Waals surface area contributed by atoms with Crippen molar-refractivity contribution in [3.05, 3.63) is 29.7 Å². The third-order valence-electron chi connectivity index (χ3n) is 1.84. The number of aromatic nitrogens is 4. The number of carbonyl (C=O) groups excluding carboxylic acids is 1. The highest BCUT2D eigenvalue weighted by Crippen LogP contribution is 2.00. The first-order valence-electron chi connectivity index (χ1n) is 4.33. The molecule has 0 aliphatic heterocycles. The third-order valence-corrected chi connectivity index (χ3v) is 1.84. The van der Waals surface area contributed by atoms with Crippen LogP contribution in [0.5, 0.6) is 0 Å². The van der Waals surface area contributed by atoms with Gasteiger partial charge in [-0.05, 0) is 6.07 Å². The van der Waals surface area contributed by atoms with Gasteiger partial charge in [0.1, 0.15) is 11.5 Å². The summed E-state index contributed by atoms with van der Waals surface area (Å²) in [5, 5.41) is 15.3. The summed E-state index contributed by atoms with van der Waals surface area (Å²) in [6.07, 6.45) is 1.62. The Morgan fingerprint density at radius 3 is 3.00 bits per heavy atom. The van der Waals surface area contributed by atoms with Crippen LogP contribution >= 0.6 is 0 Å². The number of anilines is 1. The summed E-state index contributed by atoms with van der Waals surface area (Å²) in [6, 6.07) is 3.25. The molecule has 2 rings (SSSR count). The first-order chi connectivity index (χ1) is 7.25. The zero-order chi connectivity index (χ0) is 10.7. The Labute approximate surface area is 85.1 Å². The number of rotatable bonds is 3. The molecule has 1 amide bonds. The van der Waals surface area contributed by atoms with Crippen LogP contribution in [0.4, 0.5) is 5.82 Å². The Bertz CT molecular complexity index is 445. The summed E-state index contributed by atoms with van der Waals surface area (Å²) in [5.41, 5.74) is 6.54. The quantitative estimate of drug-likeness (QED) is 0.549. The summed E-state index contributed by atoms with van der Waals surface area (Å²) < 4.78 is 0. The van der Waals surface area contributed by atoms with Gasteiger partial charge in [-0.25, -0.2) is 0 Å². The Balaban J connectivity index is 1.93. The van der Waals surface area contributed by atoms with E-state index in [2.05, 4.69) is 25.7 Å². The average molecular weight is 206 g/mol. The molecule has 7 nitrogen and oxygen atoms in total. The Morgan fingerprint density at radius 2 is 2.40 bits per heavy atom. The fourth-order valence-corrected chi connectivity index (χ4v) is 1.11. The van der Waals surface area contributed by atoms with Crippen molar-refractivity contribution in [2.75, 3.05) is 5.73 Å². The standard InChI is InChI=1S/C8H10N6O/c9-7-3-6(13-14-7)8(15)10-4-5-1-2-11-12-5/h1-3H,4H2,(H,10,15)(H,11,12)(H3,9,13,14). The molecular formula is C8H10N6O. The fourth-order valence-electron chi connectivity index (χ4n) is 1.11. The van der Waals surface area contributed by atoms with Gasteiger partial charge in [-0.2, -0.15) is 10.2 Å². The van der Waals surface area contributed by atoms with Gasteiger partial charge in [0.05, 0.1) is 12.2 Å². The van der Waals surface area contributed by atoms with E-state index >= 15 is 0 Å². The van der Waals surface area contributed by atoms with E-state index < -0.39 is 0 Å². The Morgan fingerprint density at radius 1 is 1.53 bits per heavy atom. The average Bonchev–Trinajstić information content (AvgIpc) is 2.84. The number of H-pyrrole nitrogens is 2. The highest BCUT2D eigenvalue weighted by atomic mass is 16.1. The van der Waals surface area contributed by atoms with E-state index in [9.17, 15) is 4.79 Å². The number of hydrogen-bond acceptors (Lipinski definition) is 4. The van der Waals surface area contributed by atoms with Gasteiger partial charge in [-0.3, -0.25) is 15.0 Å². The zero-order valence-corrected chi connectivity index (χ0v) is 7.82. The topological polar surface area (TPSA) is 112 Å². The summed E-state index contributed by atoms with van der Waals surface area (Å²) in [6.45, 7) is 0.387. The van der Waals surface area contributed by atoms with Crippen LogP contribution in [-0.2, 0) is 6.54 Å². The molecule has 15 heavy (non-hydrogen) atoms. The van der Waals surface area contributed by atoms with Gasteiger partial charge in [0.15, 0.2) is 0 Å². The van der Waals surface area contributed by atoms with Crippen LogP contribution < -0.4 is 11.1 Å². The largest absolute Gasteiger partial charge is 0.382 e. The second kappa shape index (κ2) is 3.82. The molecule has 2 aromatic heterocycles. The predicted molar refractivity (Wildman–Crippen MR) is 52.8 cm³/mol. The molecule has 0 atom stereocenters. The third kappa shape index (κ3) is 2.13. The molecule has 0 aromatic carbocycles. The summed E-state index contributed by atoms with van der Waals surface area (Å²) >= 11 is 0. The van der Waals surface area contributed by atoms with Gasteiger partial charge in [-0.1, -0.05) is 0 Å². The summed E-state index contributed by atoms with van der Waals surface area (Å²) in [5.74, 6) is 0.0375. The molecule has 0 fully saturated rings. The molecule has 0 aliphatic rings. The number of aromatic amines is 2. The maximum absolute atomic E-state index is 11.5. The molecule has 0 saturated carbocycles. The van der Waals surface area contributed by atoms with E-state index in [0.29, 0.717) is 18.1 Å². The molecule has 0 bridgehead atoms. The predicted octanol–water partition coefficient (Wildman–Crippen LogP) is -0.355. The maximum Gasteiger partial charge on any atom is 0.269 e. The molecule has 7 heteroatoms. The summed E-state index contributed by atoms with van der Waals surface area (Å²) in [4.78, 5) is 11.5. The molecule has 0 radical (unpaired) electrons. The van der Waals surface area contributed by atoms with Crippen LogP contribution in [0.3, 0.4) is 0 Å². The van der Waals surface area contributed by atoms with Crippen LogP contribution in [0.2, 0.25) is 0 Å².